The summed E-state index contributed by atoms with van der Waals surface area (Å²) in [7, 11) is 4.89. The zero-order valence-corrected chi connectivity index (χ0v) is 27.2. The summed E-state index contributed by atoms with van der Waals surface area (Å²) in [6.45, 7) is 2.22. The third-order valence-corrected chi connectivity index (χ3v) is 8.51. The standard InChI is InChI=1S/C36H52F3N3O2/c1-5-6-7-8-9-10-11-12-13-14-22-35(28-40,30-17-15-18-31(26-30)36(37,38)39)23-16-19-32(42-41-2)21-20-29-24-33(43-3)27-34(25-29)44-4/h15,17-18,24-27,32H,5-14,16,19-23H2,1-4H3. The Morgan fingerprint density at radius 2 is 1.34 bits per heavy atom. The summed E-state index contributed by atoms with van der Waals surface area (Å²) in [5.74, 6) is 1.44. The maximum atomic E-state index is 13.6. The van der Waals surface area contributed by atoms with Crippen molar-refractivity contribution >= 4 is 0 Å². The van der Waals surface area contributed by atoms with Gasteiger partial charge in [-0.15, -0.1) is 0 Å². The van der Waals surface area contributed by atoms with Gasteiger partial charge in [0.05, 0.1) is 37.3 Å². The van der Waals surface area contributed by atoms with Crippen LogP contribution >= 0.6 is 0 Å². The second-order valence-electron chi connectivity index (χ2n) is 11.8. The molecule has 5 nitrogen and oxygen atoms in total. The van der Waals surface area contributed by atoms with E-state index in [9.17, 15) is 18.4 Å². The van der Waals surface area contributed by atoms with Crippen molar-refractivity contribution in [1.29, 1.82) is 5.26 Å². The minimum Gasteiger partial charge on any atom is -0.497 e. The predicted octanol–water partition coefficient (Wildman–Crippen LogP) is 11.0. The lowest BCUT2D eigenvalue weighted by Gasteiger charge is -2.28. The molecule has 2 rings (SSSR count). The number of rotatable bonds is 22. The number of aryl methyl sites for hydroxylation is 1. The van der Waals surface area contributed by atoms with Gasteiger partial charge in [0.2, 0.25) is 0 Å². The zero-order valence-electron chi connectivity index (χ0n) is 27.2. The third-order valence-electron chi connectivity index (χ3n) is 8.51. The van der Waals surface area contributed by atoms with E-state index in [1.165, 1.54) is 50.7 Å². The van der Waals surface area contributed by atoms with Gasteiger partial charge in [-0.3, -0.25) is 0 Å². The maximum absolute atomic E-state index is 13.6. The van der Waals surface area contributed by atoms with Gasteiger partial charge >= 0.3 is 6.18 Å². The van der Waals surface area contributed by atoms with E-state index in [4.69, 9.17) is 9.47 Å². The van der Waals surface area contributed by atoms with Crippen LogP contribution < -0.4 is 9.47 Å². The normalized spacial score (nSPS) is 13.9. The van der Waals surface area contributed by atoms with E-state index < -0.39 is 17.2 Å². The van der Waals surface area contributed by atoms with E-state index in [1.54, 1.807) is 27.3 Å². The van der Waals surface area contributed by atoms with Gasteiger partial charge in [-0.25, -0.2) is 0 Å². The average molecular weight is 616 g/mol. The number of unbranched alkanes of at least 4 members (excludes halogenated alkanes) is 9. The highest BCUT2D eigenvalue weighted by molar-refractivity contribution is 5.39. The molecule has 0 aliphatic rings. The van der Waals surface area contributed by atoms with Gasteiger partial charge < -0.3 is 9.47 Å². The number of nitrogens with zero attached hydrogens (tertiary/aromatic N) is 3. The fourth-order valence-electron chi connectivity index (χ4n) is 5.90. The van der Waals surface area contributed by atoms with Gasteiger partial charge in [0.25, 0.3) is 0 Å². The summed E-state index contributed by atoms with van der Waals surface area (Å²) >= 11 is 0. The molecule has 8 heteroatoms. The quantitative estimate of drug-likeness (QED) is 0.0977. The molecule has 44 heavy (non-hydrogen) atoms. The van der Waals surface area contributed by atoms with Crippen molar-refractivity contribution in [3.8, 4) is 17.6 Å². The van der Waals surface area contributed by atoms with Gasteiger partial charge in [-0.1, -0.05) is 89.3 Å². The van der Waals surface area contributed by atoms with Gasteiger partial charge in [0.1, 0.15) is 11.5 Å². The van der Waals surface area contributed by atoms with E-state index in [-0.39, 0.29) is 6.04 Å². The van der Waals surface area contributed by atoms with Crippen molar-refractivity contribution in [2.24, 2.45) is 10.2 Å². The summed E-state index contributed by atoms with van der Waals surface area (Å²) in [6, 6.07) is 13.6. The SMILES string of the molecule is CCCCCCCCCCCCC(C#N)(CCCC(CCc1cc(OC)cc(OC)c1)N=NC)c1cccc(C(F)(F)F)c1. The summed E-state index contributed by atoms with van der Waals surface area (Å²) in [5, 5.41) is 19.0. The van der Waals surface area contributed by atoms with Crippen molar-refractivity contribution in [3.63, 3.8) is 0 Å². The number of azo groups is 1. The molecule has 2 unspecified atom stereocenters. The highest BCUT2D eigenvalue weighted by Crippen LogP contribution is 2.39. The van der Waals surface area contributed by atoms with Crippen LogP contribution in [0.15, 0.2) is 52.7 Å². The number of ether oxygens (including phenoxy) is 2. The smallest absolute Gasteiger partial charge is 0.416 e. The monoisotopic (exact) mass is 615 g/mol. The second kappa shape index (κ2) is 20.0. The molecule has 0 radical (unpaired) electrons. The first kappa shape index (κ1) is 37.1. The molecule has 0 fully saturated rings. The number of alkyl halides is 3. The van der Waals surface area contributed by atoms with Crippen LogP contribution in [0.2, 0.25) is 0 Å². The van der Waals surface area contributed by atoms with Gasteiger partial charge in [-0.2, -0.15) is 28.7 Å². The van der Waals surface area contributed by atoms with Crippen LogP contribution in [0, 0.1) is 11.3 Å². The summed E-state index contributed by atoms with van der Waals surface area (Å²) in [4.78, 5) is 0. The van der Waals surface area contributed by atoms with Crippen molar-refractivity contribution in [2.45, 2.75) is 127 Å². The highest BCUT2D eigenvalue weighted by Gasteiger charge is 2.36. The molecule has 2 aromatic carbocycles. The van der Waals surface area contributed by atoms with Crippen LogP contribution in [-0.4, -0.2) is 27.3 Å². The summed E-state index contributed by atoms with van der Waals surface area (Å²) < 4.78 is 51.7. The van der Waals surface area contributed by atoms with Crippen molar-refractivity contribution in [2.75, 3.05) is 21.3 Å². The molecule has 0 saturated heterocycles. The van der Waals surface area contributed by atoms with Crippen molar-refractivity contribution < 1.29 is 22.6 Å². The lowest BCUT2D eigenvalue weighted by Crippen LogP contribution is -2.25. The van der Waals surface area contributed by atoms with Crippen LogP contribution in [0.3, 0.4) is 0 Å². The van der Waals surface area contributed by atoms with Crippen LogP contribution in [0.4, 0.5) is 13.2 Å². The summed E-state index contributed by atoms with van der Waals surface area (Å²) in [5.41, 5.74) is -0.157. The number of benzene rings is 2. The Morgan fingerprint density at radius 1 is 0.773 bits per heavy atom. The Hall–Kier alpha value is -3.08. The molecule has 0 aliphatic heterocycles. The Kier molecular flexibility index (Phi) is 16.9. The predicted molar refractivity (Wildman–Crippen MR) is 171 cm³/mol. The van der Waals surface area contributed by atoms with E-state index in [2.05, 4.69) is 23.2 Å². The molecule has 2 aromatic rings. The molecule has 0 aromatic heterocycles. The van der Waals surface area contributed by atoms with Crippen LogP contribution in [-0.2, 0) is 18.0 Å². The molecule has 0 amide bonds. The number of methoxy groups -OCH3 is 2. The van der Waals surface area contributed by atoms with Crippen LogP contribution in [0.25, 0.3) is 0 Å². The van der Waals surface area contributed by atoms with E-state index in [1.807, 2.05) is 18.2 Å². The zero-order chi connectivity index (χ0) is 32.3. The molecular weight excluding hydrogens is 563 g/mol. The van der Waals surface area contributed by atoms with Crippen molar-refractivity contribution in [3.05, 3.63) is 59.2 Å². The van der Waals surface area contributed by atoms with Gasteiger partial charge in [-0.05, 0) is 67.9 Å². The summed E-state index contributed by atoms with van der Waals surface area (Å²) in [6.07, 6.45) is 11.1. The first-order valence-corrected chi connectivity index (χ1v) is 16.3. The number of halogens is 3. The Bertz CT molecular complexity index is 1140. The number of nitriles is 1. The maximum Gasteiger partial charge on any atom is 0.416 e. The number of hydrogen-bond donors (Lipinski definition) is 0. The van der Waals surface area contributed by atoms with E-state index >= 15 is 0 Å². The number of hydrogen-bond acceptors (Lipinski definition) is 5. The molecule has 0 N–H and O–H groups in total. The van der Waals surface area contributed by atoms with E-state index in [0.29, 0.717) is 31.2 Å². The molecule has 0 heterocycles. The molecule has 0 aliphatic carbocycles. The van der Waals surface area contributed by atoms with Crippen LogP contribution in [0.1, 0.15) is 120 Å². The molecular formula is C36H52F3N3O2. The Morgan fingerprint density at radius 3 is 1.89 bits per heavy atom. The minimum atomic E-state index is -4.45. The fraction of sp³-hybridized carbons (Fsp3) is 0.639. The van der Waals surface area contributed by atoms with Crippen LogP contribution in [0.5, 0.6) is 11.5 Å². The van der Waals surface area contributed by atoms with Gasteiger partial charge in [0, 0.05) is 13.1 Å². The third kappa shape index (κ3) is 12.9. The Balaban J connectivity index is 2.07. The molecule has 0 saturated carbocycles. The largest absolute Gasteiger partial charge is 0.497 e. The minimum absolute atomic E-state index is 0.0626. The highest BCUT2D eigenvalue weighted by atomic mass is 19.4. The molecule has 2 atom stereocenters. The topological polar surface area (TPSA) is 67.0 Å². The molecule has 244 valence electrons. The molecule has 0 spiro atoms. The molecule has 0 bridgehead atoms. The van der Waals surface area contributed by atoms with Crippen molar-refractivity contribution in [1.82, 2.24) is 0 Å². The first-order valence-electron chi connectivity index (χ1n) is 16.3. The Labute approximate surface area is 263 Å². The fourth-order valence-corrected chi connectivity index (χ4v) is 5.90. The van der Waals surface area contributed by atoms with Gasteiger partial charge in [0.15, 0.2) is 0 Å². The average Bonchev–Trinajstić information content (AvgIpc) is 3.03. The lowest BCUT2D eigenvalue weighted by molar-refractivity contribution is -0.137. The lowest BCUT2D eigenvalue weighted by atomic mass is 9.73. The second-order valence-corrected chi connectivity index (χ2v) is 11.8. The van der Waals surface area contributed by atoms with E-state index in [0.717, 1.165) is 61.7 Å². The first-order chi connectivity index (χ1) is 21.2.